The zero-order chi connectivity index (χ0) is 16.6. The molecule has 3 rings (SSSR count). The third-order valence-electron chi connectivity index (χ3n) is 4.16. The molecule has 0 aliphatic carbocycles. The number of benzene rings is 2. The summed E-state index contributed by atoms with van der Waals surface area (Å²) in [5.74, 6) is 0.313. The number of nitrogens with one attached hydrogen (secondary N) is 2. The van der Waals surface area contributed by atoms with E-state index in [9.17, 15) is 5.11 Å². The SMILES string of the molecule is OCCC(CNCc1cc(-c2ccccc2)n[nH]1)c1ccccc1. The largest absolute Gasteiger partial charge is 0.396 e. The molecule has 0 bridgehead atoms. The lowest BCUT2D eigenvalue weighted by atomic mass is 9.96. The summed E-state index contributed by atoms with van der Waals surface area (Å²) in [6.45, 7) is 1.75. The summed E-state index contributed by atoms with van der Waals surface area (Å²) in [6.07, 6.45) is 0.759. The molecule has 0 spiro atoms. The maximum atomic E-state index is 9.30. The number of aromatic amines is 1. The van der Waals surface area contributed by atoms with Gasteiger partial charge in [0.25, 0.3) is 0 Å². The van der Waals surface area contributed by atoms with Crippen LogP contribution in [-0.2, 0) is 6.54 Å². The van der Waals surface area contributed by atoms with E-state index in [-0.39, 0.29) is 6.61 Å². The monoisotopic (exact) mass is 321 g/mol. The molecule has 1 atom stereocenters. The van der Waals surface area contributed by atoms with Gasteiger partial charge in [-0.25, -0.2) is 0 Å². The Hall–Kier alpha value is -2.43. The molecule has 2 aromatic carbocycles. The van der Waals surface area contributed by atoms with Crippen LogP contribution in [-0.4, -0.2) is 28.5 Å². The van der Waals surface area contributed by atoms with Crippen molar-refractivity contribution in [1.29, 1.82) is 0 Å². The van der Waals surface area contributed by atoms with Gasteiger partial charge in [0.15, 0.2) is 0 Å². The first-order chi connectivity index (χ1) is 11.9. The van der Waals surface area contributed by atoms with Crippen LogP contribution >= 0.6 is 0 Å². The molecule has 3 aromatic rings. The first-order valence-electron chi connectivity index (χ1n) is 8.33. The molecule has 3 N–H and O–H groups in total. The van der Waals surface area contributed by atoms with Crippen LogP contribution < -0.4 is 5.32 Å². The van der Waals surface area contributed by atoms with Gasteiger partial charge in [0.1, 0.15) is 0 Å². The van der Waals surface area contributed by atoms with Crippen molar-refractivity contribution in [3.63, 3.8) is 0 Å². The van der Waals surface area contributed by atoms with Gasteiger partial charge in [-0.2, -0.15) is 5.10 Å². The summed E-state index contributed by atoms with van der Waals surface area (Å²) in [6, 6.07) is 22.6. The molecule has 0 saturated carbocycles. The van der Waals surface area contributed by atoms with Crippen LogP contribution in [0, 0.1) is 0 Å². The van der Waals surface area contributed by atoms with Gasteiger partial charge in [0.2, 0.25) is 0 Å². The second kappa shape index (κ2) is 8.43. The smallest absolute Gasteiger partial charge is 0.0924 e. The van der Waals surface area contributed by atoms with Crippen molar-refractivity contribution >= 4 is 0 Å². The van der Waals surface area contributed by atoms with Gasteiger partial charge >= 0.3 is 0 Å². The molecule has 1 heterocycles. The standard InChI is InChI=1S/C20H23N3O/c24-12-11-18(16-7-3-1-4-8-16)14-21-15-19-13-20(23-22-19)17-9-5-2-6-10-17/h1-10,13,18,21,24H,11-12,14-15H2,(H,22,23). The molecule has 1 aromatic heterocycles. The number of hydrogen-bond donors (Lipinski definition) is 3. The molecule has 0 aliphatic heterocycles. The summed E-state index contributed by atoms with van der Waals surface area (Å²) in [5.41, 5.74) is 4.39. The first-order valence-corrected chi connectivity index (χ1v) is 8.33. The van der Waals surface area contributed by atoms with Crippen molar-refractivity contribution in [2.75, 3.05) is 13.2 Å². The van der Waals surface area contributed by atoms with Crippen LogP contribution in [0.1, 0.15) is 23.6 Å². The molecule has 124 valence electrons. The highest BCUT2D eigenvalue weighted by atomic mass is 16.3. The van der Waals surface area contributed by atoms with E-state index in [1.54, 1.807) is 0 Å². The highest BCUT2D eigenvalue weighted by Gasteiger charge is 2.11. The van der Waals surface area contributed by atoms with E-state index in [4.69, 9.17) is 0 Å². The van der Waals surface area contributed by atoms with Crippen molar-refractivity contribution in [3.05, 3.63) is 78.0 Å². The van der Waals surface area contributed by atoms with Crippen LogP contribution in [0.25, 0.3) is 11.3 Å². The first kappa shape index (κ1) is 16.4. The zero-order valence-electron chi connectivity index (χ0n) is 13.7. The normalized spacial score (nSPS) is 12.2. The minimum atomic E-state index is 0.198. The summed E-state index contributed by atoms with van der Waals surface area (Å²) in [5, 5.41) is 20.2. The number of aliphatic hydroxyl groups is 1. The molecule has 4 heteroatoms. The van der Waals surface area contributed by atoms with Gasteiger partial charge in [-0.1, -0.05) is 60.7 Å². The van der Waals surface area contributed by atoms with E-state index in [1.165, 1.54) is 5.56 Å². The predicted molar refractivity (Wildman–Crippen MR) is 96.6 cm³/mol. The Morgan fingerprint density at radius 2 is 1.71 bits per heavy atom. The van der Waals surface area contributed by atoms with Crippen molar-refractivity contribution in [2.45, 2.75) is 18.9 Å². The van der Waals surface area contributed by atoms with Crippen LogP contribution in [0.5, 0.6) is 0 Å². The average Bonchev–Trinajstić information content (AvgIpc) is 3.11. The van der Waals surface area contributed by atoms with Crippen LogP contribution in [0.4, 0.5) is 0 Å². The minimum absolute atomic E-state index is 0.198. The molecule has 0 amide bonds. The molecule has 0 fully saturated rings. The Morgan fingerprint density at radius 3 is 2.42 bits per heavy atom. The quantitative estimate of drug-likeness (QED) is 0.596. The molecule has 0 radical (unpaired) electrons. The number of hydrogen-bond acceptors (Lipinski definition) is 3. The summed E-state index contributed by atoms with van der Waals surface area (Å²) in [4.78, 5) is 0. The van der Waals surface area contributed by atoms with Crippen molar-refractivity contribution in [3.8, 4) is 11.3 Å². The van der Waals surface area contributed by atoms with Crippen molar-refractivity contribution in [1.82, 2.24) is 15.5 Å². The molecular weight excluding hydrogens is 298 g/mol. The second-order valence-electron chi connectivity index (χ2n) is 5.90. The van der Waals surface area contributed by atoms with Gasteiger partial charge < -0.3 is 10.4 Å². The number of aromatic nitrogens is 2. The highest BCUT2D eigenvalue weighted by molar-refractivity contribution is 5.58. The maximum Gasteiger partial charge on any atom is 0.0924 e. The number of H-pyrrole nitrogens is 1. The zero-order valence-corrected chi connectivity index (χ0v) is 13.7. The van der Waals surface area contributed by atoms with E-state index in [0.29, 0.717) is 5.92 Å². The lowest BCUT2D eigenvalue weighted by molar-refractivity contribution is 0.273. The predicted octanol–water partition coefficient (Wildman–Crippen LogP) is 3.33. The van der Waals surface area contributed by atoms with Gasteiger partial charge in [-0.05, 0) is 24.0 Å². The lowest BCUT2D eigenvalue weighted by Gasteiger charge is -2.16. The van der Waals surface area contributed by atoms with E-state index >= 15 is 0 Å². The Labute approximate surface area is 142 Å². The minimum Gasteiger partial charge on any atom is -0.396 e. The van der Waals surface area contributed by atoms with Crippen molar-refractivity contribution in [2.24, 2.45) is 0 Å². The molecule has 0 saturated heterocycles. The Kier molecular flexibility index (Phi) is 5.77. The lowest BCUT2D eigenvalue weighted by Crippen LogP contribution is -2.22. The average molecular weight is 321 g/mol. The molecule has 4 nitrogen and oxygen atoms in total. The van der Waals surface area contributed by atoms with Crippen LogP contribution in [0.2, 0.25) is 0 Å². The summed E-state index contributed by atoms with van der Waals surface area (Å²) in [7, 11) is 0. The Morgan fingerprint density at radius 1 is 1.00 bits per heavy atom. The number of rotatable bonds is 8. The molecule has 1 unspecified atom stereocenters. The third-order valence-corrected chi connectivity index (χ3v) is 4.16. The topological polar surface area (TPSA) is 60.9 Å². The fraction of sp³-hybridized carbons (Fsp3) is 0.250. The van der Waals surface area contributed by atoms with Crippen LogP contribution in [0.15, 0.2) is 66.7 Å². The molecule has 24 heavy (non-hydrogen) atoms. The van der Waals surface area contributed by atoms with Gasteiger partial charge in [0.05, 0.1) is 5.69 Å². The molecular formula is C20H23N3O. The third kappa shape index (κ3) is 4.31. The maximum absolute atomic E-state index is 9.30. The second-order valence-corrected chi connectivity index (χ2v) is 5.90. The van der Waals surface area contributed by atoms with E-state index in [2.05, 4.69) is 45.8 Å². The number of nitrogens with zero attached hydrogens (tertiary/aromatic N) is 1. The fourth-order valence-corrected chi connectivity index (χ4v) is 2.86. The van der Waals surface area contributed by atoms with Gasteiger partial charge in [0, 0.05) is 31.0 Å². The Balaban J connectivity index is 1.56. The van der Waals surface area contributed by atoms with Crippen LogP contribution in [0.3, 0.4) is 0 Å². The highest BCUT2D eigenvalue weighted by Crippen LogP contribution is 2.19. The van der Waals surface area contributed by atoms with Gasteiger partial charge in [-0.15, -0.1) is 0 Å². The van der Waals surface area contributed by atoms with Crippen molar-refractivity contribution < 1.29 is 5.11 Å². The fourth-order valence-electron chi connectivity index (χ4n) is 2.86. The Bertz CT molecular complexity index is 725. The summed E-state index contributed by atoms with van der Waals surface area (Å²) < 4.78 is 0. The molecule has 0 aliphatic rings. The summed E-state index contributed by atoms with van der Waals surface area (Å²) >= 11 is 0. The van der Waals surface area contributed by atoms with E-state index in [0.717, 1.165) is 36.5 Å². The van der Waals surface area contributed by atoms with Gasteiger partial charge in [-0.3, -0.25) is 5.10 Å². The number of aliphatic hydroxyl groups excluding tert-OH is 1. The van der Waals surface area contributed by atoms with E-state index in [1.807, 2.05) is 36.4 Å². The van der Waals surface area contributed by atoms with E-state index < -0.39 is 0 Å².